The summed E-state index contributed by atoms with van der Waals surface area (Å²) in [5.74, 6) is 3.20. The Labute approximate surface area is 209 Å². The first-order valence-electron chi connectivity index (χ1n) is 14.3. The van der Waals surface area contributed by atoms with Gasteiger partial charge in [0, 0.05) is 6.92 Å². The summed E-state index contributed by atoms with van der Waals surface area (Å²) < 4.78 is 5.75. The summed E-state index contributed by atoms with van der Waals surface area (Å²) in [5.41, 5.74) is 7.53. The van der Waals surface area contributed by atoms with Crippen molar-refractivity contribution in [3.63, 3.8) is 0 Å². The molecule has 0 spiro atoms. The Bertz CT molecular complexity index is 889. The topological polar surface area (TPSA) is 26.3 Å². The maximum Gasteiger partial charge on any atom is 0.302 e. The minimum Gasteiger partial charge on any atom is -0.462 e. The number of hydrogen-bond donors (Lipinski definition) is 0. The van der Waals surface area contributed by atoms with Crippen molar-refractivity contribution in [3.8, 4) is 0 Å². The van der Waals surface area contributed by atoms with Gasteiger partial charge in [0.05, 0.1) is 0 Å². The van der Waals surface area contributed by atoms with Crippen LogP contribution >= 0.6 is 0 Å². The standard InChI is InChI=1S/C32H50O2/c1-9-24(20(2)3)11-10-21(4)26-14-15-28-25-12-13-27-22(5)30(34-23(6)33)17-19-32(27,8)29(25)16-18-31(26,28)7/h9,15,20-22,26-27,30H,10-14,16-19H2,1-8H3/b24-9-/t21-,22+,26-,27+,30+,31-,32+/m1/s1. The molecule has 0 amide bonds. The van der Waals surface area contributed by atoms with Gasteiger partial charge in [-0.05, 0) is 116 Å². The van der Waals surface area contributed by atoms with Crippen molar-refractivity contribution in [3.05, 3.63) is 34.4 Å². The van der Waals surface area contributed by atoms with Crippen LogP contribution in [0.4, 0.5) is 0 Å². The van der Waals surface area contributed by atoms with Crippen LogP contribution in [0.15, 0.2) is 34.4 Å². The predicted molar refractivity (Wildman–Crippen MR) is 142 cm³/mol. The molecule has 0 unspecified atom stereocenters. The zero-order valence-electron chi connectivity index (χ0n) is 23.3. The van der Waals surface area contributed by atoms with E-state index in [1.54, 1.807) is 29.2 Å². The molecule has 190 valence electrons. The first kappa shape index (κ1) is 25.8. The fraction of sp³-hybridized carbons (Fsp3) is 0.781. The number of hydrogen-bond acceptors (Lipinski definition) is 2. The second-order valence-corrected chi connectivity index (χ2v) is 13.0. The van der Waals surface area contributed by atoms with Crippen molar-refractivity contribution in [1.82, 2.24) is 0 Å². The molecule has 0 aliphatic heterocycles. The number of fused-ring (bicyclic) bond motifs is 4. The molecule has 34 heavy (non-hydrogen) atoms. The Morgan fingerprint density at radius 3 is 2.53 bits per heavy atom. The minimum atomic E-state index is -0.115. The fourth-order valence-corrected chi connectivity index (χ4v) is 8.93. The Morgan fingerprint density at radius 1 is 1.15 bits per heavy atom. The molecule has 4 aliphatic carbocycles. The predicted octanol–water partition coefficient (Wildman–Crippen LogP) is 8.83. The van der Waals surface area contributed by atoms with Crippen molar-refractivity contribution in [1.29, 1.82) is 0 Å². The molecule has 4 aliphatic rings. The van der Waals surface area contributed by atoms with E-state index in [1.807, 2.05) is 0 Å². The molecule has 0 saturated heterocycles. The highest BCUT2D eigenvalue weighted by Crippen LogP contribution is 2.65. The van der Waals surface area contributed by atoms with Crippen molar-refractivity contribution in [2.24, 2.45) is 40.4 Å². The third kappa shape index (κ3) is 4.26. The van der Waals surface area contributed by atoms with Crippen LogP contribution in [-0.4, -0.2) is 12.1 Å². The van der Waals surface area contributed by atoms with E-state index in [0.29, 0.717) is 23.2 Å². The lowest BCUT2D eigenvalue weighted by molar-refractivity contribution is -0.155. The molecule has 0 N–H and O–H groups in total. The highest BCUT2D eigenvalue weighted by Gasteiger charge is 2.55. The number of carbonyl (C=O) groups is 1. The summed E-state index contributed by atoms with van der Waals surface area (Å²) in [6.45, 7) is 18.5. The highest BCUT2D eigenvalue weighted by molar-refractivity contribution is 5.66. The molecule has 7 atom stereocenters. The molecule has 0 aromatic carbocycles. The van der Waals surface area contributed by atoms with Crippen LogP contribution in [0.3, 0.4) is 0 Å². The Hall–Kier alpha value is -1.31. The largest absolute Gasteiger partial charge is 0.462 e. The molecule has 2 heteroatoms. The molecular weight excluding hydrogens is 416 g/mol. The number of allylic oxidation sites excluding steroid dienone is 6. The number of ether oxygens (including phenoxy) is 1. The summed E-state index contributed by atoms with van der Waals surface area (Å²) in [6.07, 6.45) is 16.2. The smallest absolute Gasteiger partial charge is 0.302 e. The van der Waals surface area contributed by atoms with Crippen molar-refractivity contribution in [2.75, 3.05) is 0 Å². The Kier molecular flexibility index (Phi) is 7.30. The van der Waals surface area contributed by atoms with E-state index in [4.69, 9.17) is 4.74 Å². The lowest BCUT2D eigenvalue weighted by Crippen LogP contribution is -2.48. The van der Waals surface area contributed by atoms with Gasteiger partial charge >= 0.3 is 5.97 Å². The number of rotatable bonds is 6. The third-order valence-electron chi connectivity index (χ3n) is 11.0. The summed E-state index contributed by atoms with van der Waals surface area (Å²) >= 11 is 0. The lowest BCUT2D eigenvalue weighted by Gasteiger charge is -2.56. The Balaban J connectivity index is 1.53. The van der Waals surface area contributed by atoms with Gasteiger partial charge in [-0.15, -0.1) is 0 Å². The number of esters is 1. The average molecular weight is 467 g/mol. The van der Waals surface area contributed by atoms with Gasteiger partial charge in [-0.2, -0.15) is 0 Å². The molecule has 1 saturated carbocycles. The molecule has 0 bridgehead atoms. The van der Waals surface area contributed by atoms with Gasteiger partial charge in [-0.3, -0.25) is 4.79 Å². The Morgan fingerprint density at radius 2 is 1.88 bits per heavy atom. The van der Waals surface area contributed by atoms with Crippen molar-refractivity contribution in [2.45, 2.75) is 119 Å². The van der Waals surface area contributed by atoms with Gasteiger partial charge < -0.3 is 4.74 Å². The van der Waals surface area contributed by atoms with E-state index in [0.717, 1.165) is 18.3 Å². The SMILES string of the molecule is C/C=C(/CC[C@@H](C)[C@H]1CC=C2C3=C(CC[C@@]21C)[C@@]1(C)CC[C@H](OC(C)=O)[C@@H](C)[C@@H]1CC3)C(C)C. The molecular formula is C32H50O2. The highest BCUT2D eigenvalue weighted by atomic mass is 16.5. The molecule has 0 aromatic rings. The van der Waals surface area contributed by atoms with Gasteiger partial charge in [0.1, 0.15) is 6.10 Å². The van der Waals surface area contributed by atoms with Gasteiger partial charge in [0.25, 0.3) is 0 Å². The van der Waals surface area contributed by atoms with Crippen LogP contribution in [-0.2, 0) is 9.53 Å². The van der Waals surface area contributed by atoms with E-state index in [9.17, 15) is 4.79 Å². The average Bonchev–Trinajstić information content (AvgIpc) is 3.13. The maximum atomic E-state index is 11.7. The van der Waals surface area contributed by atoms with Crippen LogP contribution in [0.5, 0.6) is 0 Å². The van der Waals surface area contributed by atoms with E-state index in [2.05, 4.69) is 60.6 Å². The molecule has 4 rings (SSSR count). The van der Waals surface area contributed by atoms with Crippen molar-refractivity contribution >= 4 is 5.97 Å². The quantitative estimate of drug-likeness (QED) is 0.289. The summed E-state index contributed by atoms with van der Waals surface area (Å²) in [4.78, 5) is 11.7. The monoisotopic (exact) mass is 466 g/mol. The first-order valence-corrected chi connectivity index (χ1v) is 14.3. The van der Waals surface area contributed by atoms with Crippen LogP contribution < -0.4 is 0 Å². The van der Waals surface area contributed by atoms with Crippen LogP contribution in [0.2, 0.25) is 0 Å². The summed E-state index contributed by atoms with van der Waals surface area (Å²) in [5, 5.41) is 0. The minimum absolute atomic E-state index is 0.107. The van der Waals surface area contributed by atoms with E-state index in [-0.39, 0.29) is 17.5 Å². The van der Waals surface area contributed by atoms with Crippen LogP contribution in [0.25, 0.3) is 0 Å². The first-order chi connectivity index (χ1) is 16.0. The number of carbonyl (C=O) groups excluding carboxylic acids is 1. The van der Waals surface area contributed by atoms with Crippen molar-refractivity contribution < 1.29 is 9.53 Å². The van der Waals surface area contributed by atoms with Gasteiger partial charge in [-0.1, -0.05) is 64.8 Å². The van der Waals surface area contributed by atoms with E-state index < -0.39 is 0 Å². The zero-order chi connectivity index (χ0) is 24.8. The normalized spacial score (nSPS) is 38.7. The molecule has 0 radical (unpaired) electrons. The van der Waals surface area contributed by atoms with E-state index in [1.165, 1.54) is 51.4 Å². The van der Waals surface area contributed by atoms with Crippen LogP contribution in [0, 0.1) is 40.4 Å². The second kappa shape index (κ2) is 9.62. The molecule has 0 aromatic heterocycles. The van der Waals surface area contributed by atoms with E-state index >= 15 is 0 Å². The summed E-state index contributed by atoms with van der Waals surface area (Å²) in [7, 11) is 0. The van der Waals surface area contributed by atoms with Crippen LogP contribution in [0.1, 0.15) is 113 Å². The van der Waals surface area contributed by atoms with Gasteiger partial charge in [-0.25, -0.2) is 0 Å². The third-order valence-corrected chi connectivity index (χ3v) is 11.0. The molecule has 1 fully saturated rings. The second-order valence-electron chi connectivity index (χ2n) is 13.0. The zero-order valence-corrected chi connectivity index (χ0v) is 23.3. The molecule has 2 nitrogen and oxygen atoms in total. The van der Waals surface area contributed by atoms with Gasteiger partial charge in [0.15, 0.2) is 0 Å². The molecule has 0 heterocycles. The lowest BCUT2D eigenvalue weighted by atomic mass is 9.49. The fourth-order valence-electron chi connectivity index (χ4n) is 8.93. The maximum absolute atomic E-state index is 11.7. The summed E-state index contributed by atoms with van der Waals surface area (Å²) in [6, 6.07) is 0. The van der Waals surface area contributed by atoms with Gasteiger partial charge in [0.2, 0.25) is 0 Å².